The van der Waals surface area contributed by atoms with E-state index < -0.39 is 5.91 Å². The fourth-order valence-corrected chi connectivity index (χ4v) is 2.24. The predicted octanol–water partition coefficient (Wildman–Crippen LogP) is 3.56. The molecule has 3 N–H and O–H groups in total. The maximum absolute atomic E-state index is 12.3. The van der Waals surface area contributed by atoms with Crippen LogP contribution >= 0.6 is 0 Å². The van der Waals surface area contributed by atoms with Crippen LogP contribution in [0.15, 0.2) is 42.5 Å². The molecule has 0 aliphatic heterocycles. The summed E-state index contributed by atoms with van der Waals surface area (Å²) in [5.74, 6) is -0.685. The molecule has 0 unspecified atom stereocenters. The number of hydrogen-bond donors (Lipinski definition) is 3. The average molecular weight is 312 g/mol. The van der Waals surface area contributed by atoms with Crippen LogP contribution in [-0.4, -0.2) is 17.4 Å². The lowest BCUT2D eigenvalue weighted by Gasteiger charge is -2.10. The molecule has 2 amide bonds. The van der Waals surface area contributed by atoms with Gasteiger partial charge in [-0.1, -0.05) is 31.5 Å². The Balaban J connectivity index is 2.10. The summed E-state index contributed by atoms with van der Waals surface area (Å²) in [5, 5.41) is 15.1. The van der Waals surface area contributed by atoms with Crippen molar-refractivity contribution >= 4 is 23.7 Å². The molecule has 0 aliphatic rings. The highest BCUT2D eigenvalue weighted by Gasteiger charge is 2.14. The van der Waals surface area contributed by atoms with E-state index in [0.717, 1.165) is 19.3 Å². The third-order valence-corrected chi connectivity index (χ3v) is 3.53. The lowest BCUT2D eigenvalue weighted by molar-refractivity contribution is -0.105. The van der Waals surface area contributed by atoms with Crippen LogP contribution < -0.4 is 10.6 Å². The predicted molar refractivity (Wildman–Crippen MR) is 90.8 cm³/mol. The molecular weight excluding hydrogens is 292 g/mol. The van der Waals surface area contributed by atoms with E-state index in [-0.39, 0.29) is 17.0 Å². The van der Waals surface area contributed by atoms with E-state index in [4.69, 9.17) is 0 Å². The van der Waals surface area contributed by atoms with Crippen LogP contribution in [0, 0.1) is 0 Å². The monoisotopic (exact) mass is 312 g/mol. The van der Waals surface area contributed by atoms with Gasteiger partial charge >= 0.3 is 0 Å². The van der Waals surface area contributed by atoms with Gasteiger partial charge < -0.3 is 15.7 Å². The van der Waals surface area contributed by atoms with Crippen molar-refractivity contribution in [3.05, 3.63) is 53.6 Å². The normalized spacial score (nSPS) is 10.1. The van der Waals surface area contributed by atoms with Crippen LogP contribution in [0.1, 0.15) is 35.7 Å². The molecule has 5 heteroatoms. The van der Waals surface area contributed by atoms with Crippen LogP contribution in [0.2, 0.25) is 0 Å². The lowest BCUT2D eigenvalue weighted by atomic mass is 10.1. The van der Waals surface area contributed by atoms with Crippen LogP contribution in [0.4, 0.5) is 11.4 Å². The maximum atomic E-state index is 12.3. The molecule has 0 atom stereocenters. The summed E-state index contributed by atoms with van der Waals surface area (Å²) in [6, 6.07) is 12.2. The Hall–Kier alpha value is -2.82. The third kappa shape index (κ3) is 4.32. The first-order chi connectivity index (χ1) is 11.2. The molecule has 2 aromatic carbocycles. The number of unbranched alkanes of at least 4 members (excludes halogenated alkanes) is 1. The third-order valence-electron chi connectivity index (χ3n) is 3.53. The van der Waals surface area contributed by atoms with Crippen LogP contribution in [0.5, 0.6) is 5.75 Å². The second-order valence-electron chi connectivity index (χ2n) is 5.22. The van der Waals surface area contributed by atoms with Crippen molar-refractivity contribution in [2.45, 2.75) is 26.2 Å². The number of benzene rings is 2. The standard InChI is InChI=1S/C18H20N2O3/c1-2-3-5-13-8-10-14(11-9-13)20-18(23)15-6-4-7-16(17(15)22)19-12-21/h4,6-12,22H,2-3,5H2,1H3,(H,19,21)(H,20,23). The Morgan fingerprint density at radius 3 is 2.57 bits per heavy atom. The molecule has 0 aromatic heterocycles. The highest BCUT2D eigenvalue weighted by Crippen LogP contribution is 2.27. The van der Waals surface area contributed by atoms with Crippen molar-refractivity contribution in [3.8, 4) is 5.75 Å². The van der Waals surface area contributed by atoms with Gasteiger partial charge in [-0.2, -0.15) is 0 Å². The fourth-order valence-electron chi connectivity index (χ4n) is 2.24. The minimum atomic E-state index is -0.432. The van der Waals surface area contributed by atoms with E-state index >= 15 is 0 Å². The number of phenolic OH excluding ortho intramolecular Hbond substituents is 1. The van der Waals surface area contributed by atoms with Crippen LogP contribution in [-0.2, 0) is 11.2 Å². The van der Waals surface area contributed by atoms with Crippen LogP contribution in [0.3, 0.4) is 0 Å². The van der Waals surface area contributed by atoms with E-state index in [1.165, 1.54) is 17.7 Å². The van der Waals surface area contributed by atoms with E-state index in [0.29, 0.717) is 12.1 Å². The van der Waals surface area contributed by atoms with Crippen molar-refractivity contribution in [1.82, 2.24) is 0 Å². The van der Waals surface area contributed by atoms with Crippen molar-refractivity contribution in [2.24, 2.45) is 0 Å². The van der Waals surface area contributed by atoms with Gasteiger partial charge in [-0.15, -0.1) is 0 Å². The van der Waals surface area contributed by atoms with Crippen molar-refractivity contribution in [3.63, 3.8) is 0 Å². The van der Waals surface area contributed by atoms with Crippen molar-refractivity contribution < 1.29 is 14.7 Å². The second kappa shape index (κ2) is 7.98. The van der Waals surface area contributed by atoms with Gasteiger partial charge in [0.25, 0.3) is 5.91 Å². The Labute approximate surface area is 135 Å². The summed E-state index contributed by atoms with van der Waals surface area (Å²) in [5.41, 5.74) is 2.18. The van der Waals surface area contributed by atoms with Gasteiger partial charge in [0.05, 0.1) is 11.3 Å². The number of aryl methyl sites for hydroxylation is 1. The van der Waals surface area contributed by atoms with Gasteiger partial charge in [0.15, 0.2) is 5.75 Å². The van der Waals surface area contributed by atoms with Crippen molar-refractivity contribution in [1.29, 1.82) is 0 Å². The minimum Gasteiger partial charge on any atom is -0.505 e. The smallest absolute Gasteiger partial charge is 0.259 e. The zero-order chi connectivity index (χ0) is 16.7. The molecule has 0 saturated carbocycles. The zero-order valence-corrected chi connectivity index (χ0v) is 13.0. The summed E-state index contributed by atoms with van der Waals surface area (Å²) in [4.78, 5) is 22.7. The summed E-state index contributed by atoms with van der Waals surface area (Å²) < 4.78 is 0. The number of nitrogens with one attached hydrogen (secondary N) is 2. The van der Waals surface area contributed by atoms with E-state index in [9.17, 15) is 14.7 Å². The topological polar surface area (TPSA) is 78.4 Å². The van der Waals surface area contributed by atoms with Gasteiger partial charge in [0.2, 0.25) is 6.41 Å². The molecule has 0 radical (unpaired) electrons. The average Bonchev–Trinajstić information content (AvgIpc) is 2.56. The Morgan fingerprint density at radius 2 is 1.91 bits per heavy atom. The first-order valence-electron chi connectivity index (χ1n) is 7.58. The number of para-hydroxylation sites is 1. The van der Waals surface area contributed by atoms with Gasteiger partial charge in [-0.25, -0.2) is 0 Å². The molecule has 0 heterocycles. The Bertz CT molecular complexity index is 681. The molecule has 0 saturated heterocycles. The highest BCUT2D eigenvalue weighted by molar-refractivity contribution is 6.07. The van der Waals surface area contributed by atoms with E-state index in [1.54, 1.807) is 6.07 Å². The summed E-state index contributed by atoms with van der Waals surface area (Å²) in [6.07, 6.45) is 3.75. The number of rotatable bonds is 7. The number of hydrogen-bond acceptors (Lipinski definition) is 3. The van der Waals surface area contributed by atoms with Crippen molar-refractivity contribution in [2.75, 3.05) is 10.6 Å². The molecule has 0 fully saturated rings. The minimum absolute atomic E-state index is 0.104. The van der Waals surface area contributed by atoms with E-state index in [1.807, 2.05) is 24.3 Å². The van der Waals surface area contributed by atoms with Gasteiger partial charge in [0.1, 0.15) is 0 Å². The van der Waals surface area contributed by atoms with Gasteiger partial charge in [-0.3, -0.25) is 9.59 Å². The number of carbonyl (C=O) groups is 2. The van der Waals surface area contributed by atoms with E-state index in [2.05, 4.69) is 17.6 Å². The summed E-state index contributed by atoms with van der Waals surface area (Å²) in [6.45, 7) is 2.15. The van der Waals surface area contributed by atoms with Crippen LogP contribution in [0.25, 0.3) is 0 Å². The molecular formula is C18H20N2O3. The molecule has 2 aromatic rings. The first-order valence-corrected chi connectivity index (χ1v) is 7.58. The quantitative estimate of drug-likeness (QED) is 0.540. The molecule has 0 spiro atoms. The SMILES string of the molecule is CCCCc1ccc(NC(=O)c2cccc(NC=O)c2O)cc1. The van der Waals surface area contributed by atoms with Gasteiger partial charge in [0, 0.05) is 5.69 Å². The molecule has 0 aliphatic carbocycles. The van der Waals surface area contributed by atoms with Gasteiger partial charge in [-0.05, 0) is 42.7 Å². The Kier molecular flexibility index (Phi) is 5.74. The highest BCUT2D eigenvalue weighted by atomic mass is 16.3. The zero-order valence-electron chi connectivity index (χ0n) is 13.0. The number of amides is 2. The molecule has 120 valence electrons. The lowest BCUT2D eigenvalue weighted by Crippen LogP contribution is -2.12. The Morgan fingerprint density at radius 1 is 1.17 bits per heavy atom. The fraction of sp³-hybridized carbons (Fsp3) is 0.222. The maximum Gasteiger partial charge on any atom is 0.259 e. The second-order valence-corrected chi connectivity index (χ2v) is 5.22. The summed E-state index contributed by atoms with van der Waals surface area (Å²) in [7, 11) is 0. The summed E-state index contributed by atoms with van der Waals surface area (Å²) >= 11 is 0. The number of phenols is 1. The molecule has 5 nitrogen and oxygen atoms in total. The largest absolute Gasteiger partial charge is 0.505 e. The first kappa shape index (κ1) is 16.5. The number of carbonyl (C=O) groups excluding carboxylic acids is 2. The molecule has 23 heavy (non-hydrogen) atoms. The molecule has 2 rings (SSSR count). The molecule has 0 bridgehead atoms. The number of anilines is 2. The number of aromatic hydroxyl groups is 1.